The molecule has 0 radical (unpaired) electrons. The monoisotopic (exact) mass is 294 g/mol. The van der Waals surface area contributed by atoms with Crippen LogP contribution >= 0.6 is 23.2 Å². The molecule has 0 nitrogen and oxygen atoms in total. The summed E-state index contributed by atoms with van der Waals surface area (Å²) in [5, 5.41) is 0.497. The largest absolute Gasteiger partial charge is 0.207 e. The Balaban J connectivity index is 1.83. The molecule has 0 N–H and O–H groups in total. The average Bonchev–Trinajstić information content (AvgIpc) is 2.70. The molecule has 3 rings (SSSR count). The van der Waals surface area contributed by atoms with E-state index in [4.69, 9.17) is 23.2 Å². The maximum Gasteiger partial charge on any atom is 0.124 e. The van der Waals surface area contributed by atoms with Gasteiger partial charge < -0.3 is 0 Å². The van der Waals surface area contributed by atoms with Gasteiger partial charge in [-0.1, -0.05) is 41.9 Å². The maximum absolute atomic E-state index is 13.0. The van der Waals surface area contributed by atoms with E-state index in [0.717, 1.165) is 18.4 Å². The first-order chi connectivity index (χ1) is 9.15. The van der Waals surface area contributed by atoms with Gasteiger partial charge in [-0.25, -0.2) is 4.39 Å². The Morgan fingerprint density at radius 1 is 1.16 bits per heavy atom. The Labute approximate surface area is 122 Å². The molecule has 2 aromatic carbocycles. The van der Waals surface area contributed by atoms with Crippen molar-refractivity contribution in [3.63, 3.8) is 0 Å². The molecule has 2 unspecified atom stereocenters. The lowest BCUT2D eigenvalue weighted by Crippen LogP contribution is -2.07. The second-order valence-corrected chi connectivity index (χ2v) is 5.88. The van der Waals surface area contributed by atoms with Crippen LogP contribution in [-0.2, 0) is 12.8 Å². The minimum absolute atomic E-state index is 0.0114. The molecule has 0 aromatic heterocycles. The van der Waals surface area contributed by atoms with Crippen LogP contribution in [0, 0.1) is 11.7 Å². The average molecular weight is 295 g/mol. The minimum Gasteiger partial charge on any atom is -0.207 e. The van der Waals surface area contributed by atoms with Crippen LogP contribution < -0.4 is 0 Å². The molecule has 19 heavy (non-hydrogen) atoms. The fraction of sp³-hybridized carbons (Fsp3) is 0.250. The van der Waals surface area contributed by atoms with Crippen molar-refractivity contribution in [3.05, 3.63) is 70.0 Å². The molecule has 1 aliphatic rings. The zero-order chi connectivity index (χ0) is 13.4. The van der Waals surface area contributed by atoms with Crippen molar-refractivity contribution in [3.8, 4) is 0 Å². The van der Waals surface area contributed by atoms with Gasteiger partial charge in [0.2, 0.25) is 0 Å². The lowest BCUT2D eigenvalue weighted by molar-refractivity contribution is 0.542. The standard InChI is InChI=1S/C16H13Cl2F/c17-15-9-13(19)6-5-11(15)8-12-7-10-3-1-2-4-14(10)16(12)18/h1-6,9,12,16H,7-8H2. The number of benzene rings is 2. The van der Waals surface area contributed by atoms with Crippen molar-refractivity contribution >= 4 is 23.2 Å². The molecule has 1 aliphatic carbocycles. The van der Waals surface area contributed by atoms with E-state index < -0.39 is 0 Å². The van der Waals surface area contributed by atoms with Gasteiger partial charge in [0.1, 0.15) is 5.82 Å². The summed E-state index contributed by atoms with van der Waals surface area (Å²) in [6.07, 6.45) is 1.74. The van der Waals surface area contributed by atoms with Gasteiger partial charge >= 0.3 is 0 Å². The van der Waals surface area contributed by atoms with E-state index in [1.165, 1.54) is 23.3 Å². The summed E-state index contributed by atoms with van der Waals surface area (Å²) < 4.78 is 13.0. The Bertz CT molecular complexity index is 609. The summed E-state index contributed by atoms with van der Waals surface area (Å²) in [7, 11) is 0. The molecule has 0 saturated carbocycles. The topological polar surface area (TPSA) is 0 Å². The van der Waals surface area contributed by atoms with E-state index in [1.54, 1.807) is 6.07 Å². The fourth-order valence-corrected chi connectivity index (χ4v) is 3.41. The van der Waals surface area contributed by atoms with E-state index >= 15 is 0 Å². The number of rotatable bonds is 2. The van der Waals surface area contributed by atoms with Crippen molar-refractivity contribution in [2.45, 2.75) is 18.2 Å². The predicted octanol–water partition coefficient (Wildman–Crippen LogP) is 5.17. The lowest BCUT2D eigenvalue weighted by atomic mass is 9.96. The minimum atomic E-state index is -0.300. The van der Waals surface area contributed by atoms with Crippen LogP contribution in [0.1, 0.15) is 22.1 Å². The molecule has 0 bridgehead atoms. The van der Waals surface area contributed by atoms with Gasteiger partial charge in [0, 0.05) is 5.02 Å². The summed E-state index contributed by atoms with van der Waals surface area (Å²) in [6, 6.07) is 12.8. The van der Waals surface area contributed by atoms with Gasteiger partial charge in [-0.05, 0) is 47.6 Å². The van der Waals surface area contributed by atoms with Crippen LogP contribution in [0.4, 0.5) is 4.39 Å². The molecule has 2 aromatic rings. The molecular weight excluding hydrogens is 282 g/mol. The molecule has 98 valence electrons. The highest BCUT2D eigenvalue weighted by atomic mass is 35.5. The van der Waals surface area contributed by atoms with Gasteiger partial charge in [0.25, 0.3) is 0 Å². The summed E-state index contributed by atoms with van der Waals surface area (Å²) in [5.74, 6) is 0.0212. The Kier molecular flexibility index (Phi) is 3.51. The Morgan fingerprint density at radius 3 is 2.68 bits per heavy atom. The van der Waals surface area contributed by atoms with Gasteiger partial charge in [-0.3, -0.25) is 0 Å². The molecule has 3 heteroatoms. The molecule has 2 atom stereocenters. The fourth-order valence-electron chi connectivity index (χ4n) is 2.77. The van der Waals surface area contributed by atoms with E-state index in [2.05, 4.69) is 12.1 Å². The van der Waals surface area contributed by atoms with Crippen LogP contribution in [0.2, 0.25) is 5.02 Å². The third-order valence-corrected chi connectivity index (χ3v) is 4.69. The van der Waals surface area contributed by atoms with Crippen molar-refractivity contribution < 1.29 is 4.39 Å². The second kappa shape index (κ2) is 5.15. The summed E-state index contributed by atoms with van der Waals surface area (Å²) >= 11 is 12.6. The third-order valence-electron chi connectivity index (χ3n) is 3.75. The van der Waals surface area contributed by atoms with Gasteiger partial charge in [-0.2, -0.15) is 0 Å². The van der Waals surface area contributed by atoms with Crippen molar-refractivity contribution in [2.75, 3.05) is 0 Å². The first-order valence-electron chi connectivity index (χ1n) is 6.31. The molecule has 0 amide bonds. The van der Waals surface area contributed by atoms with Gasteiger partial charge in [0.15, 0.2) is 0 Å². The number of alkyl halides is 1. The molecule has 0 spiro atoms. The van der Waals surface area contributed by atoms with Gasteiger partial charge in [-0.15, -0.1) is 11.6 Å². The molecule has 0 aliphatic heterocycles. The van der Waals surface area contributed by atoms with E-state index in [1.807, 2.05) is 12.1 Å². The highest BCUT2D eigenvalue weighted by Crippen LogP contribution is 2.42. The van der Waals surface area contributed by atoms with Crippen LogP contribution in [0.15, 0.2) is 42.5 Å². The SMILES string of the molecule is Fc1ccc(CC2Cc3ccccc3C2Cl)c(Cl)c1. The Morgan fingerprint density at radius 2 is 1.95 bits per heavy atom. The van der Waals surface area contributed by atoms with Crippen LogP contribution in [0.25, 0.3) is 0 Å². The maximum atomic E-state index is 13.0. The first-order valence-corrected chi connectivity index (χ1v) is 7.12. The normalized spacial score (nSPS) is 21.4. The van der Waals surface area contributed by atoms with Crippen LogP contribution in [0.5, 0.6) is 0 Å². The highest BCUT2D eigenvalue weighted by Gasteiger charge is 2.30. The molecule has 0 heterocycles. The summed E-state index contributed by atoms with van der Waals surface area (Å²) in [6.45, 7) is 0. The van der Waals surface area contributed by atoms with Crippen molar-refractivity contribution in [2.24, 2.45) is 5.92 Å². The quantitative estimate of drug-likeness (QED) is 0.670. The van der Waals surface area contributed by atoms with E-state index in [9.17, 15) is 4.39 Å². The van der Waals surface area contributed by atoms with Crippen molar-refractivity contribution in [1.82, 2.24) is 0 Å². The van der Waals surface area contributed by atoms with Gasteiger partial charge in [0.05, 0.1) is 5.38 Å². The van der Waals surface area contributed by atoms with E-state index in [0.29, 0.717) is 10.9 Å². The second-order valence-electron chi connectivity index (χ2n) is 5.00. The molecular formula is C16H13Cl2F. The summed E-state index contributed by atoms with van der Waals surface area (Å²) in [5.41, 5.74) is 3.49. The zero-order valence-electron chi connectivity index (χ0n) is 10.2. The smallest absolute Gasteiger partial charge is 0.124 e. The van der Waals surface area contributed by atoms with Crippen molar-refractivity contribution in [1.29, 1.82) is 0 Å². The Hall–Kier alpha value is -1.05. The number of hydrogen-bond donors (Lipinski definition) is 0. The molecule has 0 fully saturated rings. The third kappa shape index (κ3) is 2.50. The number of fused-ring (bicyclic) bond motifs is 1. The first kappa shape index (κ1) is 13.0. The zero-order valence-corrected chi connectivity index (χ0v) is 11.8. The van der Waals surface area contributed by atoms with Crippen LogP contribution in [-0.4, -0.2) is 0 Å². The lowest BCUT2D eigenvalue weighted by Gasteiger charge is -2.15. The number of halogens is 3. The molecule has 0 saturated heterocycles. The predicted molar refractivity (Wildman–Crippen MR) is 77.3 cm³/mol. The number of hydrogen-bond acceptors (Lipinski definition) is 0. The highest BCUT2D eigenvalue weighted by molar-refractivity contribution is 6.31. The summed E-state index contributed by atoms with van der Waals surface area (Å²) in [4.78, 5) is 0. The van der Waals surface area contributed by atoms with Crippen LogP contribution in [0.3, 0.4) is 0 Å². The van der Waals surface area contributed by atoms with E-state index in [-0.39, 0.29) is 11.2 Å².